The lowest BCUT2D eigenvalue weighted by Crippen LogP contribution is -2.34. The molecule has 0 radical (unpaired) electrons. The van der Waals surface area contributed by atoms with Gasteiger partial charge in [0.25, 0.3) is 0 Å². The van der Waals surface area contributed by atoms with Crippen LogP contribution in [-0.4, -0.2) is 5.11 Å². The van der Waals surface area contributed by atoms with Crippen molar-refractivity contribution in [3.63, 3.8) is 0 Å². The van der Waals surface area contributed by atoms with E-state index < -0.39 is 0 Å². The molecule has 3 rings (SSSR count). The molecule has 0 aromatic heterocycles. The lowest BCUT2D eigenvalue weighted by atomic mass is 9.63. The zero-order valence-corrected chi connectivity index (χ0v) is 13.5. The molecular formula is C19H28O. The Labute approximate surface area is 123 Å². The zero-order chi connectivity index (χ0) is 14.7. The molecule has 1 N–H and O–H groups in total. The van der Waals surface area contributed by atoms with Crippen LogP contribution in [0, 0.1) is 11.8 Å². The zero-order valence-electron chi connectivity index (χ0n) is 13.5. The second-order valence-corrected chi connectivity index (χ2v) is 8.39. The normalized spacial score (nSPS) is 31.5. The van der Waals surface area contributed by atoms with Gasteiger partial charge in [0.05, 0.1) is 6.10 Å². The summed E-state index contributed by atoms with van der Waals surface area (Å²) < 4.78 is 0. The van der Waals surface area contributed by atoms with E-state index in [-0.39, 0.29) is 16.9 Å². The fourth-order valence-electron chi connectivity index (χ4n) is 3.83. The molecule has 3 atom stereocenters. The predicted octanol–water partition coefficient (Wildman–Crippen LogP) is 4.73. The minimum absolute atomic E-state index is 0.232. The number of hydrogen-bond acceptors (Lipinski definition) is 1. The van der Waals surface area contributed by atoms with Gasteiger partial charge >= 0.3 is 0 Å². The van der Waals surface area contributed by atoms with Gasteiger partial charge in [-0.25, -0.2) is 0 Å². The van der Waals surface area contributed by atoms with Crippen LogP contribution in [0.3, 0.4) is 0 Å². The third kappa shape index (κ3) is 2.20. The fourth-order valence-corrected chi connectivity index (χ4v) is 3.83. The molecule has 0 saturated heterocycles. The summed E-state index contributed by atoms with van der Waals surface area (Å²) in [4.78, 5) is 0. The number of hydrogen-bond donors (Lipinski definition) is 1. The fraction of sp³-hybridized carbons (Fsp3) is 0.684. The molecule has 0 aliphatic heterocycles. The first-order chi connectivity index (χ1) is 9.22. The van der Waals surface area contributed by atoms with Crippen molar-refractivity contribution >= 4 is 0 Å². The van der Waals surface area contributed by atoms with Gasteiger partial charge in [-0.15, -0.1) is 0 Å². The minimum atomic E-state index is -0.267. The summed E-state index contributed by atoms with van der Waals surface area (Å²) in [6, 6.07) is 6.74. The summed E-state index contributed by atoms with van der Waals surface area (Å²) in [5.41, 5.74) is 4.56. The molecule has 1 heteroatoms. The SMILES string of the molecule is CC1CC1C(O)c1ccc2c(c1)C(C)(C)CCC2(C)C. The van der Waals surface area contributed by atoms with E-state index in [1.54, 1.807) is 0 Å². The van der Waals surface area contributed by atoms with E-state index in [0.29, 0.717) is 11.8 Å². The van der Waals surface area contributed by atoms with E-state index in [0.717, 1.165) is 5.56 Å². The van der Waals surface area contributed by atoms with Crippen molar-refractivity contribution < 1.29 is 5.11 Å². The van der Waals surface area contributed by atoms with Gasteiger partial charge in [-0.2, -0.15) is 0 Å². The molecule has 0 amide bonds. The maximum Gasteiger partial charge on any atom is 0.0820 e. The molecule has 1 fully saturated rings. The standard InChI is InChI=1S/C19H28O/c1-12-10-14(12)17(20)13-6-7-15-16(11-13)19(4,5)9-8-18(15,2)3/h6-7,11-12,14,17,20H,8-10H2,1-5H3. The van der Waals surface area contributed by atoms with Crippen molar-refractivity contribution in [2.45, 2.75) is 70.8 Å². The van der Waals surface area contributed by atoms with Crippen LogP contribution >= 0.6 is 0 Å². The Morgan fingerprint density at radius 2 is 1.60 bits per heavy atom. The van der Waals surface area contributed by atoms with Gasteiger partial charge in [-0.1, -0.05) is 52.8 Å². The van der Waals surface area contributed by atoms with Crippen molar-refractivity contribution in [1.29, 1.82) is 0 Å². The van der Waals surface area contributed by atoms with E-state index in [1.807, 2.05) is 0 Å². The number of aliphatic hydroxyl groups is 1. The Morgan fingerprint density at radius 1 is 1.05 bits per heavy atom. The van der Waals surface area contributed by atoms with Crippen molar-refractivity contribution in [2.24, 2.45) is 11.8 Å². The molecule has 1 aromatic rings. The molecule has 1 nitrogen and oxygen atoms in total. The molecule has 20 heavy (non-hydrogen) atoms. The minimum Gasteiger partial charge on any atom is -0.388 e. The van der Waals surface area contributed by atoms with Crippen LogP contribution in [0.15, 0.2) is 18.2 Å². The van der Waals surface area contributed by atoms with Crippen molar-refractivity contribution in [3.8, 4) is 0 Å². The van der Waals surface area contributed by atoms with Crippen LogP contribution in [0.25, 0.3) is 0 Å². The molecule has 2 aliphatic rings. The number of aliphatic hydroxyl groups excluding tert-OH is 1. The summed E-state index contributed by atoms with van der Waals surface area (Å²) in [7, 11) is 0. The van der Waals surface area contributed by atoms with Gasteiger partial charge in [0.15, 0.2) is 0 Å². The van der Waals surface area contributed by atoms with E-state index in [1.165, 1.54) is 30.4 Å². The van der Waals surface area contributed by atoms with Crippen LogP contribution in [-0.2, 0) is 10.8 Å². The Balaban J connectivity index is 2.02. The molecule has 0 bridgehead atoms. The second kappa shape index (κ2) is 4.34. The smallest absolute Gasteiger partial charge is 0.0820 e. The van der Waals surface area contributed by atoms with Crippen molar-refractivity contribution in [3.05, 3.63) is 34.9 Å². The molecule has 2 aliphatic carbocycles. The molecule has 0 heterocycles. The predicted molar refractivity (Wildman–Crippen MR) is 84.0 cm³/mol. The highest BCUT2D eigenvalue weighted by Gasteiger charge is 2.41. The molecule has 1 saturated carbocycles. The number of benzene rings is 1. The average molecular weight is 272 g/mol. The van der Waals surface area contributed by atoms with E-state index >= 15 is 0 Å². The summed E-state index contributed by atoms with van der Waals surface area (Å²) in [6.45, 7) is 11.6. The largest absolute Gasteiger partial charge is 0.388 e. The van der Waals surface area contributed by atoms with Crippen LogP contribution in [0.5, 0.6) is 0 Å². The lowest BCUT2D eigenvalue weighted by molar-refractivity contribution is 0.147. The Kier molecular flexibility index (Phi) is 3.06. The number of rotatable bonds is 2. The monoisotopic (exact) mass is 272 g/mol. The van der Waals surface area contributed by atoms with Gasteiger partial charge < -0.3 is 5.11 Å². The third-order valence-electron chi connectivity index (χ3n) is 5.80. The first-order valence-electron chi connectivity index (χ1n) is 8.05. The van der Waals surface area contributed by atoms with Crippen LogP contribution in [0.1, 0.15) is 76.7 Å². The van der Waals surface area contributed by atoms with Gasteiger partial charge in [-0.05, 0) is 58.6 Å². The third-order valence-corrected chi connectivity index (χ3v) is 5.80. The summed E-state index contributed by atoms with van der Waals surface area (Å²) in [5.74, 6) is 1.17. The first-order valence-corrected chi connectivity index (χ1v) is 8.05. The topological polar surface area (TPSA) is 20.2 Å². The maximum absolute atomic E-state index is 10.5. The Bertz CT molecular complexity index is 527. The van der Waals surface area contributed by atoms with Gasteiger partial charge in [-0.3, -0.25) is 0 Å². The first kappa shape index (κ1) is 14.1. The van der Waals surface area contributed by atoms with Crippen molar-refractivity contribution in [1.82, 2.24) is 0 Å². The summed E-state index contributed by atoms with van der Waals surface area (Å²) in [6.07, 6.45) is 3.38. The number of fused-ring (bicyclic) bond motifs is 1. The highest BCUT2D eigenvalue weighted by Crippen LogP contribution is 2.50. The van der Waals surface area contributed by atoms with Crippen LogP contribution in [0.4, 0.5) is 0 Å². The summed E-state index contributed by atoms with van der Waals surface area (Å²) >= 11 is 0. The molecular weight excluding hydrogens is 244 g/mol. The highest BCUT2D eigenvalue weighted by molar-refractivity contribution is 5.44. The quantitative estimate of drug-likeness (QED) is 0.825. The molecule has 110 valence electrons. The molecule has 1 aromatic carbocycles. The highest BCUT2D eigenvalue weighted by atomic mass is 16.3. The molecule has 3 unspecified atom stereocenters. The van der Waals surface area contributed by atoms with Crippen LogP contribution < -0.4 is 0 Å². The van der Waals surface area contributed by atoms with Gasteiger partial charge in [0.1, 0.15) is 0 Å². The van der Waals surface area contributed by atoms with E-state index in [2.05, 4.69) is 52.8 Å². The average Bonchev–Trinajstić information content (AvgIpc) is 3.11. The second-order valence-electron chi connectivity index (χ2n) is 8.39. The Hall–Kier alpha value is -0.820. The van der Waals surface area contributed by atoms with E-state index in [9.17, 15) is 5.11 Å². The Morgan fingerprint density at radius 3 is 2.15 bits per heavy atom. The lowest BCUT2D eigenvalue weighted by Gasteiger charge is -2.42. The van der Waals surface area contributed by atoms with Crippen molar-refractivity contribution in [2.75, 3.05) is 0 Å². The maximum atomic E-state index is 10.5. The molecule has 0 spiro atoms. The van der Waals surface area contributed by atoms with Gasteiger partial charge in [0, 0.05) is 0 Å². The summed E-state index contributed by atoms with van der Waals surface area (Å²) in [5, 5.41) is 10.5. The van der Waals surface area contributed by atoms with Gasteiger partial charge in [0.2, 0.25) is 0 Å². The van der Waals surface area contributed by atoms with E-state index in [4.69, 9.17) is 0 Å². The van der Waals surface area contributed by atoms with Crippen LogP contribution in [0.2, 0.25) is 0 Å².